The number of hydrogen-bond acceptors (Lipinski definition) is 3. The molecular formula is C18H14FNO3. The van der Waals surface area contributed by atoms with E-state index in [0.29, 0.717) is 11.0 Å². The number of nitrogens with one attached hydrogen (secondary N) is 1. The maximum absolute atomic E-state index is 12.9. The first kappa shape index (κ1) is 15.0. The van der Waals surface area contributed by atoms with Crippen molar-refractivity contribution in [3.05, 3.63) is 82.0 Å². The molecule has 1 amide bonds. The SMILES string of the molecule is C[C@@H](NC(=O)c1cc2ccccc2oc1=O)c1ccc(F)cc1. The molecule has 0 spiro atoms. The van der Waals surface area contributed by atoms with Gasteiger partial charge in [0.1, 0.15) is 17.0 Å². The molecule has 0 bridgehead atoms. The van der Waals surface area contributed by atoms with Crippen LogP contribution in [0.2, 0.25) is 0 Å². The van der Waals surface area contributed by atoms with Crippen LogP contribution in [0.15, 0.2) is 63.8 Å². The van der Waals surface area contributed by atoms with Crippen LogP contribution in [0.3, 0.4) is 0 Å². The van der Waals surface area contributed by atoms with Crippen molar-refractivity contribution >= 4 is 16.9 Å². The van der Waals surface area contributed by atoms with E-state index in [2.05, 4.69) is 5.32 Å². The van der Waals surface area contributed by atoms with E-state index in [1.54, 1.807) is 43.3 Å². The zero-order chi connectivity index (χ0) is 16.4. The highest BCUT2D eigenvalue weighted by Crippen LogP contribution is 2.15. The Morgan fingerprint density at radius 1 is 1.13 bits per heavy atom. The van der Waals surface area contributed by atoms with Gasteiger partial charge in [0, 0.05) is 5.39 Å². The third-order valence-electron chi connectivity index (χ3n) is 3.60. The summed E-state index contributed by atoms with van der Waals surface area (Å²) in [6, 6.07) is 13.9. The molecule has 1 atom stereocenters. The van der Waals surface area contributed by atoms with E-state index in [1.807, 2.05) is 0 Å². The van der Waals surface area contributed by atoms with E-state index >= 15 is 0 Å². The van der Waals surface area contributed by atoms with E-state index in [9.17, 15) is 14.0 Å². The number of benzene rings is 2. The lowest BCUT2D eigenvalue weighted by Crippen LogP contribution is -2.30. The number of carbonyl (C=O) groups excluding carboxylic acids is 1. The zero-order valence-electron chi connectivity index (χ0n) is 12.4. The summed E-state index contributed by atoms with van der Waals surface area (Å²) in [7, 11) is 0. The monoisotopic (exact) mass is 311 g/mol. The Kier molecular flexibility index (Phi) is 3.93. The summed E-state index contributed by atoms with van der Waals surface area (Å²) < 4.78 is 18.1. The molecule has 5 heteroatoms. The average Bonchev–Trinajstić information content (AvgIpc) is 2.54. The lowest BCUT2D eigenvalue weighted by molar-refractivity contribution is 0.0936. The number of para-hydroxylation sites is 1. The van der Waals surface area contributed by atoms with Crippen molar-refractivity contribution in [1.29, 1.82) is 0 Å². The molecule has 2 aromatic carbocycles. The Morgan fingerprint density at radius 3 is 2.57 bits per heavy atom. The van der Waals surface area contributed by atoms with Gasteiger partial charge >= 0.3 is 5.63 Å². The van der Waals surface area contributed by atoms with E-state index in [-0.39, 0.29) is 17.4 Å². The average molecular weight is 311 g/mol. The molecule has 1 heterocycles. The van der Waals surface area contributed by atoms with Crippen molar-refractivity contribution in [3.63, 3.8) is 0 Å². The van der Waals surface area contributed by atoms with Crippen LogP contribution < -0.4 is 10.9 Å². The van der Waals surface area contributed by atoms with Gasteiger partial charge in [-0.15, -0.1) is 0 Å². The lowest BCUT2D eigenvalue weighted by Gasteiger charge is -2.14. The fraction of sp³-hybridized carbons (Fsp3) is 0.111. The molecule has 0 fully saturated rings. The zero-order valence-corrected chi connectivity index (χ0v) is 12.4. The Hall–Kier alpha value is -2.95. The standard InChI is InChI=1S/C18H14FNO3/c1-11(12-6-8-14(19)9-7-12)20-17(21)15-10-13-4-2-3-5-16(13)23-18(15)22/h2-11H,1H3,(H,20,21)/t11-/m1/s1. The quantitative estimate of drug-likeness (QED) is 0.754. The Morgan fingerprint density at radius 2 is 1.83 bits per heavy atom. The number of carbonyl (C=O) groups is 1. The van der Waals surface area contributed by atoms with Crippen LogP contribution >= 0.6 is 0 Å². The third-order valence-corrected chi connectivity index (χ3v) is 3.60. The number of fused-ring (bicyclic) bond motifs is 1. The minimum Gasteiger partial charge on any atom is -0.422 e. The second-order valence-corrected chi connectivity index (χ2v) is 5.23. The molecule has 0 unspecified atom stereocenters. The molecule has 3 aromatic rings. The minimum absolute atomic E-state index is 0.0577. The minimum atomic E-state index is -0.687. The first-order valence-electron chi connectivity index (χ1n) is 7.14. The molecule has 116 valence electrons. The maximum Gasteiger partial charge on any atom is 0.349 e. The van der Waals surface area contributed by atoms with Gasteiger partial charge in [-0.25, -0.2) is 9.18 Å². The summed E-state index contributed by atoms with van der Waals surface area (Å²) in [6.07, 6.45) is 0. The van der Waals surface area contributed by atoms with Gasteiger partial charge in [0.25, 0.3) is 5.91 Å². The second kappa shape index (κ2) is 6.04. The number of hydrogen-bond donors (Lipinski definition) is 1. The first-order valence-corrected chi connectivity index (χ1v) is 7.14. The second-order valence-electron chi connectivity index (χ2n) is 5.23. The molecule has 0 radical (unpaired) electrons. The van der Waals surface area contributed by atoms with E-state index < -0.39 is 11.5 Å². The predicted molar refractivity (Wildman–Crippen MR) is 84.8 cm³/mol. The normalized spacial score (nSPS) is 12.1. The van der Waals surface area contributed by atoms with Crippen LogP contribution in [0.5, 0.6) is 0 Å². The fourth-order valence-electron chi connectivity index (χ4n) is 2.33. The van der Waals surface area contributed by atoms with Gasteiger partial charge in [-0.1, -0.05) is 30.3 Å². The van der Waals surface area contributed by atoms with Crippen LogP contribution in [-0.2, 0) is 0 Å². The first-order chi connectivity index (χ1) is 11.0. The smallest absolute Gasteiger partial charge is 0.349 e. The van der Waals surface area contributed by atoms with E-state index in [1.165, 1.54) is 18.2 Å². The van der Waals surface area contributed by atoms with Crippen LogP contribution in [0.4, 0.5) is 4.39 Å². The molecule has 4 nitrogen and oxygen atoms in total. The van der Waals surface area contributed by atoms with Gasteiger partial charge < -0.3 is 9.73 Å². The van der Waals surface area contributed by atoms with Crippen LogP contribution in [0.25, 0.3) is 11.0 Å². The topological polar surface area (TPSA) is 59.3 Å². The summed E-state index contributed by atoms with van der Waals surface area (Å²) in [4.78, 5) is 24.3. The Labute approximate surface area is 131 Å². The van der Waals surface area contributed by atoms with Crippen LogP contribution in [0.1, 0.15) is 28.9 Å². The molecule has 1 N–H and O–H groups in total. The van der Waals surface area contributed by atoms with E-state index in [0.717, 1.165) is 5.56 Å². The fourth-order valence-corrected chi connectivity index (χ4v) is 2.33. The molecule has 3 rings (SSSR count). The molecule has 0 aliphatic rings. The van der Waals surface area contributed by atoms with Gasteiger partial charge in [0.05, 0.1) is 6.04 Å². The molecule has 1 aromatic heterocycles. The number of halogens is 1. The van der Waals surface area contributed by atoms with Crippen LogP contribution in [-0.4, -0.2) is 5.91 Å². The molecule has 0 aliphatic heterocycles. The summed E-state index contributed by atoms with van der Waals surface area (Å²) in [5, 5.41) is 3.39. The Balaban J connectivity index is 1.87. The highest BCUT2D eigenvalue weighted by molar-refractivity contribution is 5.96. The van der Waals surface area contributed by atoms with Gasteiger partial charge in [0.2, 0.25) is 0 Å². The maximum atomic E-state index is 12.9. The predicted octanol–water partition coefficient (Wildman–Crippen LogP) is 3.42. The summed E-state index contributed by atoms with van der Waals surface area (Å²) in [5.74, 6) is -0.872. The van der Waals surface area contributed by atoms with Gasteiger partial charge in [-0.3, -0.25) is 4.79 Å². The van der Waals surface area contributed by atoms with Gasteiger partial charge in [-0.05, 0) is 36.8 Å². The third kappa shape index (κ3) is 3.13. The summed E-state index contributed by atoms with van der Waals surface area (Å²) in [5.41, 5.74) is 0.427. The molecule has 0 aliphatic carbocycles. The Bertz CT molecular complexity index is 915. The summed E-state index contributed by atoms with van der Waals surface area (Å²) in [6.45, 7) is 1.76. The number of amides is 1. The summed E-state index contributed by atoms with van der Waals surface area (Å²) >= 11 is 0. The van der Waals surface area contributed by atoms with Crippen molar-refractivity contribution in [2.45, 2.75) is 13.0 Å². The van der Waals surface area contributed by atoms with Crippen molar-refractivity contribution in [3.8, 4) is 0 Å². The highest BCUT2D eigenvalue weighted by Gasteiger charge is 2.16. The van der Waals surface area contributed by atoms with Gasteiger partial charge in [0.15, 0.2) is 0 Å². The van der Waals surface area contributed by atoms with Crippen molar-refractivity contribution < 1.29 is 13.6 Å². The largest absolute Gasteiger partial charge is 0.422 e. The molecule has 23 heavy (non-hydrogen) atoms. The molecular weight excluding hydrogens is 297 g/mol. The van der Waals surface area contributed by atoms with Gasteiger partial charge in [-0.2, -0.15) is 0 Å². The highest BCUT2D eigenvalue weighted by atomic mass is 19.1. The van der Waals surface area contributed by atoms with Crippen molar-refractivity contribution in [2.75, 3.05) is 0 Å². The van der Waals surface area contributed by atoms with E-state index in [4.69, 9.17) is 4.42 Å². The van der Waals surface area contributed by atoms with Crippen LogP contribution in [0, 0.1) is 5.82 Å². The van der Waals surface area contributed by atoms with Crippen molar-refractivity contribution in [1.82, 2.24) is 5.32 Å². The number of rotatable bonds is 3. The lowest BCUT2D eigenvalue weighted by atomic mass is 10.1. The van der Waals surface area contributed by atoms with Crippen molar-refractivity contribution in [2.24, 2.45) is 0 Å². The molecule has 0 saturated heterocycles. The molecule has 0 saturated carbocycles.